The van der Waals surface area contributed by atoms with Gasteiger partial charge in [-0.25, -0.2) is 17.9 Å². The largest absolute Gasteiger partial charge is 0.478 e. The lowest BCUT2D eigenvalue weighted by Crippen LogP contribution is -2.31. The van der Waals surface area contributed by atoms with Gasteiger partial charge in [0.2, 0.25) is 10.0 Å². The molecule has 8 heteroatoms. The molecular weight excluding hydrogens is 308 g/mol. The molecule has 3 N–H and O–H groups in total. The van der Waals surface area contributed by atoms with Crippen LogP contribution in [-0.4, -0.2) is 45.8 Å². The van der Waals surface area contributed by atoms with Crippen LogP contribution in [0.5, 0.6) is 0 Å². The van der Waals surface area contributed by atoms with Gasteiger partial charge in [-0.2, -0.15) is 0 Å². The Labute approximate surface area is 130 Å². The summed E-state index contributed by atoms with van der Waals surface area (Å²) in [6.45, 7) is 4.46. The molecule has 0 radical (unpaired) electrons. The molecule has 0 amide bonds. The van der Waals surface area contributed by atoms with E-state index in [1.165, 1.54) is 12.1 Å². The Kier molecular flexibility index (Phi) is 6.79. The first-order valence-electron chi connectivity index (χ1n) is 6.90. The van der Waals surface area contributed by atoms with E-state index in [4.69, 9.17) is 9.84 Å². The fourth-order valence-corrected chi connectivity index (χ4v) is 3.30. The first-order chi connectivity index (χ1) is 10.3. The molecule has 0 aliphatic carbocycles. The number of hydrogen-bond donors (Lipinski definition) is 3. The van der Waals surface area contributed by atoms with E-state index in [9.17, 15) is 13.2 Å². The summed E-state index contributed by atoms with van der Waals surface area (Å²) in [7, 11) is -2.21. The fourth-order valence-electron chi connectivity index (χ4n) is 1.84. The second-order valence-corrected chi connectivity index (χ2v) is 6.75. The highest BCUT2D eigenvalue weighted by Crippen LogP contribution is 2.23. The zero-order valence-electron chi connectivity index (χ0n) is 12.9. The maximum absolute atomic E-state index is 12.4. The van der Waals surface area contributed by atoms with Gasteiger partial charge in [-0.3, -0.25) is 0 Å². The van der Waals surface area contributed by atoms with E-state index < -0.39 is 16.0 Å². The molecule has 124 valence electrons. The number of nitrogens with one attached hydrogen (secondary N) is 2. The first kappa shape index (κ1) is 18.4. The van der Waals surface area contributed by atoms with Crippen LogP contribution in [0, 0.1) is 0 Å². The van der Waals surface area contributed by atoms with Gasteiger partial charge >= 0.3 is 5.97 Å². The number of carboxylic acid groups (broad SMARTS) is 1. The molecule has 1 rings (SSSR count). The van der Waals surface area contributed by atoms with Crippen LogP contribution in [-0.2, 0) is 14.8 Å². The van der Waals surface area contributed by atoms with Crippen molar-refractivity contribution in [1.29, 1.82) is 0 Å². The Morgan fingerprint density at radius 3 is 2.59 bits per heavy atom. The smallest absolute Gasteiger partial charge is 0.335 e. The second kappa shape index (κ2) is 8.11. The summed E-state index contributed by atoms with van der Waals surface area (Å²) in [5.74, 6) is -1.17. The van der Waals surface area contributed by atoms with Crippen LogP contribution in [0.15, 0.2) is 23.1 Å². The zero-order valence-corrected chi connectivity index (χ0v) is 13.7. The van der Waals surface area contributed by atoms with Gasteiger partial charge in [-0.1, -0.05) is 0 Å². The van der Waals surface area contributed by atoms with Gasteiger partial charge in [0.1, 0.15) is 4.90 Å². The average molecular weight is 330 g/mol. The lowest BCUT2D eigenvalue weighted by Gasteiger charge is -2.15. The van der Waals surface area contributed by atoms with Crippen LogP contribution < -0.4 is 10.0 Å². The van der Waals surface area contributed by atoms with Crippen molar-refractivity contribution in [2.45, 2.75) is 31.2 Å². The Balaban J connectivity index is 3.12. The monoisotopic (exact) mass is 330 g/mol. The topological polar surface area (TPSA) is 105 Å². The molecule has 0 bridgehead atoms. The normalized spacial score (nSPS) is 11.6. The van der Waals surface area contributed by atoms with Crippen LogP contribution in [0.3, 0.4) is 0 Å². The van der Waals surface area contributed by atoms with Crippen molar-refractivity contribution in [2.75, 3.05) is 25.6 Å². The van der Waals surface area contributed by atoms with Crippen molar-refractivity contribution in [3.63, 3.8) is 0 Å². The highest BCUT2D eigenvalue weighted by atomic mass is 32.2. The van der Waals surface area contributed by atoms with Gasteiger partial charge < -0.3 is 15.2 Å². The minimum Gasteiger partial charge on any atom is -0.478 e. The summed E-state index contributed by atoms with van der Waals surface area (Å²) in [6.07, 6.45) is 0.703. The highest BCUT2D eigenvalue weighted by molar-refractivity contribution is 7.89. The SMILES string of the molecule is COCCCNc1ccc(C(=O)O)cc1S(=O)(=O)NC(C)C. The zero-order chi connectivity index (χ0) is 16.8. The third-order valence-electron chi connectivity index (χ3n) is 2.75. The molecule has 7 nitrogen and oxygen atoms in total. The Bertz CT molecular complexity index is 614. The van der Waals surface area contributed by atoms with Crippen LogP contribution >= 0.6 is 0 Å². The van der Waals surface area contributed by atoms with Gasteiger partial charge in [0.25, 0.3) is 0 Å². The van der Waals surface area contributed by atoms with Crippen LogP contribution in [0.4, 0.5) is 5.69 Å². The summed E-state index contributed by atoms with van der Waals surface area (Å²) in [5.41, 5.74) is 0.292. The van der Waals surface area contributed by atoms with Gasteiger partial charge in [-0.15, -0.1) is 0 Å². The minimum atomic E-state index is -3.80. The lowest BCUT2D eigenvalue weighted by molar-refractivity contribution is 0.0696. The standard InChI is InChI=1S/C14H22N2O5S/c1-10(2)16-22(19,20)13-9-11(14(17)18)5-6-12(13)15-7-4-8-21-3/h5-6,9-10,15-16H,4,7-8H2,1-3H3,(H,17,18). The van der Waals surface area contributed by atoms with E-state index in [0.29, 0.717) is 25.3 Å². The number of sulfonamides is 1. The maximum atomic E-state index is 12.4. The number of ether oxygens (including phenoxy) is 1. The number of hydrogen-bond acceptors (Lipinski definition) is 5. The molecular formula is C14H22N2O5S. The summed E-state index contributed by atoms with van der Waals surface area (Å²) in [4.78, 5) is 11.0. The number of benzene rings is 1. The average Bonchev–Trinajstić information content (AvgIpc) is 2.42. The molecule has 0 fully saturated rings. The molecule has 22 heavy (non-hydrogen) atoms. The molecule has 0 atom stereocenters. The number of methoxy groups -OCH3 is 1. The van der Waals surface area contributed by atoms with Crippen LogP contribution in [0.1, 0.15) is 30.6 Å². The van der Waals surface area contributed by atoms with Gasteiger partial charge in [-0.05, 0) is 38.5 Å². The number of rotatable bonds is 9. The van der Waals surface area contributed by atoms with Gasteiger partial charge in [0.15, 0.2) is 0 Å². The molecule has 1 aromatic carbocycles. The Morgan fingerprint density at radius 1 is 1.36 bits per heavy atom. The Morgan fingerprint density at radius 2 is 2.05 bits per heavy atom. The molecule has 0 heterocycles. The predicted octanol–water partition coefficient (Wildman–Crippen LogP) is 1.52. The van der Waals surface area contributed by atoms with Crippen molar-refractivity contribution < 1.29 is 23.1 Å². The molecule has 0 aromatic heterocycles. The van der Waals surface area contributed by atoms with E-state index in [0.717, 1.165) is 6.07 Å². The number of carbonyl (C=O) groups is 1. The summed E-state index contributed by atoms with van der Waals surface area (Å²) in [6, 6.07) is 3.70. The molecule has 0 unspecified atom stereocenters. The molecule has 0 aliphatic rings. The summed E-state index contributed by atoms with van der Waals surface area (Å²) in [5, 5.41) is 12.0. The van der Waals surface area contributed by atoms with Crippen molar-refractivity contribution in [3.8, 4) is 0 Å². The predicted molar refractivity (Wildman–Crippen MR) is 83.8 cm³/mol. The van der Waals surface area contributed by atoms with E-state index in [2.05, 4.69) is 10.0 Å². The van der Waals surface area contributed by atoms with Gasteiger partial charge in [0, 0.05) is 26.3 Å². The van der Waals surface area contributed by atoms with E-state index in [1.54, 1.807) is 21.0 Å². The first-order valence-corrected chi connectivity index (χ1v) is 8.38. The lowest BCUT2D eigenvalue weighted by atomic mass is 10.2. The van der Waals surface area contributed by atoms with Crippen molar-refractivity contribution in [1.82, 2.24) is 4.72 Å². The molecule has 1 aromatic rings. The van der Waals surface area contributed by atoms with E-state index in [-0.39, 0.29) is 16.5 Å². The van der Waals surface area contributed by atoms with Crippen LogP contribution in [0.25, 0.3) is 0 Å². The van der Waals surface area contributed by atoms with Gasteiger partial charge in [0.05, 0.1) is 11.3 Å². The third-order valence-corrected chi connectivity index (χ3v) is 4.45. The highest BCUT2D eigenvalue weighted by Gasteiger charge is 2.21. The second-order valence-electron chi connectivity index (χ2n) is 5.07. The molecule has 0 aliphatic heterocycles. The fraction of sp³-hybridized carbons (Fsp3) is 0.500. The van der Waals surface area contributed by atoms with Crippen molar-refractivity contribution in [2.24, 2.45) is 0 Å². The molecule has 0 saturated heterocycles. The van der Waals surface area contributed by atoms with Crippen molar-refractivity contribution >= 4 is 21.7 Å². The molecule has 0 spiro atoms. The van der Waals surface area contributed by atoms with Crippen LogP contribution in [0.2, 0.25) is 0 Å². The Hall–Kier alpha value is -1.64. The number of aromatic carboxylic acids is 1. The minimum absolute atomic E-state index is 0.0708. The third kappa shape index (κ3) is 5.28. The summed E-state index contributed by atoms with van der Waals surface area (Å²) >= 11 is 0. The quantitative estimate of drug-likeness (QED) is 0.593. The van der Waals surface area contributed by atoms with E-state index in [1.807, 2.05) is 0 Å². The summed E-state index contributed by atoms with van der Waals surface area (Å²) < 4.78 is 32.1. The number of carboxylic acids is 1. The van der Waals surface area contributed by atoms with E-state index >= 15 is 0 Å². The molecule has 0 saturated carbocycles. The van der Waals surface area contributed by atoms with Crippen molar-refractivity contribution in [3.05, 3.63) is 23.8 Å². The number of anilines is 1. The maximum Gasteiger partial charge on any atom is 0.335 e.